The minimum Gasteiger partial charge on any atom is -0.455 e. The van der Waals surface area contributed by atoms with Gasteiger partial charge in [-0.3, -0.25) is 0 Å². The van der Waals surface area contributed by atoms with Gasteiger partial charge in [-0.25, -0.2) is 9.97 Å². The molecule has 0 fully saturated rings. The lowest BCUT2D eigenvalue weighted by atomic mass is 9.92. The van der Waals surface area contributed by atoms with Gasteiger partial charge in [0.25, 0.3) is 0 Å². The van der Waals surface area contributed by atoms with Crippen LogP contribution in [0.2, 0.25) is 0 Å². The highest BCUT2D eigenvalue weighted by molar-refractivity contribution is 7.26. The average molecular weight is 747 g/mol. The second-order valence-electron chi connectivity index (χ2n) is 14.5. The largest absolute Gasteiger partial charge is 0.455 e. The maximum absolute atomic E-state index is 6.54. The molecule has 0 atom stereocenters. The number of para-hydroxylation sites is 2. The van der Waals surface area contributed by atoms with Gasteiger partial charge < -0.3 is 8.83 Å². The zero-order chi connectivity index (χ0) is 37.5. The molecule has 266 valence electrons. The van der Waals surface area contributed by atoms with E-state index >= 15 is 0 Å². The Balaban J connectivity index is 0.902. The molecular formula is C52H30N2O2S. The monoisotopic (exact) mass is 746 g/mol. The van der Waals surface area contributed by atoms with Crippen molar-refractivity contribution < 1.29 is 8.83 Å². The Kier molecular flexibility index (Phi) is 7.06. The van der Waals surface area contributed by atoms with Crippen molar-refractivity contribution in [3.8, 4) is 55.8 Å². The van der Waals surface area contributed by atoms with Crippen molar-refractivity contribution in [3.63, 3.8) is 0 Å². The third-order valence-electron chi connectivity index (χ3n) is 11.3. The first kappa shape index (κ1) is 32.0. The van der Waals surface area contributed by atoms with Crippen LogP contribution < -0.4 is 0 Å². The summed E-state index contributed by atoms with van der Waals surface area (Å²) in [5.41, 5.74) is 14.9. The van der Waals surface area contributed by atoms with E-state index in [1.165, 1.54) is 25.7 Å². The van der Waals surface area contributed by atoms with E-state index in [9.17, 15) is 0 Å². The summed E-state index contributed by atoms with van der Waals surface area (Å²) in [5.74, 6) is 0. The molecule has 4 aromatic heterocycles. The van der Waals surface area contributed by atoms with Crippen molar-refractivity contribution >= 4 is 75.5 Å². The van der Waals surface area contributed by atoms with Crippen LogP contribution in [0.1, 0.15) is 0 Å². The molecule has 0 radical (unpaired) electrons. The summed E-state index contributed by atoms with van der Waals surface area (Å²) in [4.78, 5) is 9.52. The number of rotatable bonds is 5. The number of thiophene rings is 1. The van der Waals surface area contributed by atoms with Crippen molar-refractivity contribution in [1.82, 2.24) is 9.97 Å². The molecule has 57 heavy (non-hydrogen) atoms. The molecule has 0 aliphatic rings. The third kappa shape index (κ3) is 5.06. The summed E-state index contributed by atoms with van der Waals surface area (Å²) in [6.45, 7) is 0. The van der Waals surface area contributed by atoms with E-state index in [1.54, 1.807) is 6.33 Å². The number of fused-ring (bicyclic) bond motifs is 9. The number of nitrogens with zero attached hydrogens (tertiary/aromatic N) is 2. The molecule has 4 nitrogen and oxygen atoms in total. The van der Waals surface area contributed by atoms with E-state index in [0.29, 0.717) is 5.58 Å². The minimum absolute atomic E-state index is 0.688. The van der Waals surface area contributed by atoms with E-state index < -0.39 is 0 Å². The summed E-state index contributed by atoms with van der Waals surface area (Å²) in [7, 11) is 0. The molecule has 0 N–H and O–H groups in total. The minimum atomic E-state index is 0.688. The van der Waals surface area contributed by atoms with Crippen LogP contribution in [0.3, 0.4) is 0 Å². The number of hydrogen-bond acceptors (Lipinski definition) is 5. The van der Waals surface area contributed by atoms with E-state index in [2.05, 4.69) is 158 Å². The van der Waals surface area contributed by atoms with E-state index in [-0.39, 0.29) is 0 Å². The zero-order valence-electron chi connectivity index (χ0n) is 30.4. The summed E-state index contributed by atoms with van der Waals surface area (Å²) < 4.78 is 15.5. The van der Waals surface area contributed by atoms with Crippen LogP contribution in [0.4, 0.5) is 0 Å². The molecule has 12 rings (SSSR count). The maximum atomic E-state index is 6.54. The Bertz CT molecular complexity index is 3540. The first-order chi connectivity index (χ1) is 28.2. The van der Waals surface area contributed by atoms with Gasteiger partial charge in [0.2, 0.25) is 0 Å². The van der Waals surface area contributed by atoms with Crippen molar-refractivity contribution in [2.45, 2.75) is 0 Å². The smallest absolute Gasteiger partial charge is 0.180 e. The fourth-order valence-corrected chi connectivity index (χ4v) is 9.78. The van der Waals surface area contributed by atoms with Crippen LogP contribution in [-0.4, -0.2) is 9.97 Å². The third-order valence-corrected chi connectivity index (χ3v) is 12.5. The second kappa shape index (κ2) is 12.6. The first-order valence-corrected chi connectivity index (χ1v) is 19.9. The molecular weight excluding hydrogens is 717 g/mol. The van der Waals surface area contributed by atoms with Gasteiger partial charge in [0.15, 0.2) is 5.58 Å². The standard InChI is InChI=1S/C52H30N2O2S/c1-2-13-38(41-17-9-18-42-39-14-3-5-20-45(39)55-50(41)42)36(12-1)32-24-22-31(23-25-32)33-26-27-46-44(29-33)49-51(56-46)48(53-30-54-49)35-11-7-10-34(28-35)37-16-8-19-43-40-15-4-6-21-47(40)57-52(37)43/h1-30H. The average Bonchev–Trinajstić information content (AvgIpc) is 3.98. The van der Waals surface area contributed by atoms with Crippen LogP contribution in [0.5, 0.6) is 0 Å². The number of hydrogen-bond donors (Lipinski definition) is 0. The lowest BCUT2D eigenvalue weighted by molar-refractivity contribution is 0.667. The van der Waals surface area contributed by atoms with Gasteiger partial charge in [-0.1, -0.05) is 146 Å². The SMILES string of the molecule is c1cc(-c2ncnc3c2oc2ccc(-c4ccc(-c5ccccc5-c5cccc6c5oc5ccccc56)cc4)cc23)cc(-c2cccc3c2sc2ccccc23)c1. The lowest BCUT2D eigenvalue weighted by Gasteiger charge is -2.11. The normalized spacial score (nSPS) is 11.9. The molecule has 0 bridgehead atoms. The molecule has 0 aliphatic carbocycles. The maximum Gasteiger partial charge on any atom is 0.180 e. The predicted molar refractivity (Wildman–Crippen MR) is 237 cm³/mol. The Labute approximate surface area is 330 Å². The van der Waals surface area contributed by atoms with Gasteiger partial charge in [-0.15, -0.1) is 11.3 Å². The summed E-state index contributed by atoms with van der Waals surface area (Å²) >= 11 is 1.84. The highest BCUT2D eigenvalue weighted by Gasteiger charge is 2.19. The molecule has 0 saturated carbocycles. The van der Waals surface area contributed by atoms with E-state index in [0.717, 1.165) is 88.6 Å². The van der Waals surface area contributed by atoms with Gasteiger partial charge in [0.05, 0.1) is 0 Å². The molecule has 12 aromatic rings. The quantitative estimate of drug-likeness (QED) is 0.176. The summed E-state index contributed by atoms with van der Waals surface area (Å²) in [5, 5.41) is 5.80. The Morgan fingerprint density at radius 2 is 1.02 bits per heavy atom. The molecule has 0 aliphatic heterocycles. The molecule has 0 unspecified atom stereocenters. The molecule has 8 aromatic carbocycles. The molecule has 0 spiro atoms. The number of furan rings is 2. The number of benzene rings is 8. The number of aromatic nitrogens is 2. The van der Waals surface area contributed by atoms with Crippen LogP contribution in [0, 0.1) is 0 Å². The van der Waals surface area contributed by atoms with E-state index in [4.69, 9.17) is 18.8 Å². The summed E-state index contributed by atoms with van der Waals surface area (Å²) in [6.07, 6.45) is 1.65. The van der Waals surface area contributed by atoms with Crippen LogP contribution >= 0.6 is 11.3 Å². The van der Waals surface area contributed by atoms with Crippen molar-refractivity contribution in [1.29, 1.82) is 0 Å². The second-order valence-corrected chi connectivity index (χ2v) is 15.5. The fraction of sp³-hybridized carbons (Fsp3) is 0. The van der Waals surface area contributed by atoms with E-state index in [1.807, 2.05) is 29.5 Å². The van der Waals surface area contributed by atoms with Crippen LogP contribution in [-0.2, 0) is 0 Å². The summed E-state index contributed by atoms with van der Waals surface area (Å²) in [6, 6.07) is 62.2. The molecule has 5 heteroatoms. The molecule has 0 saturated heterocycles. The predicted octanol–water partition coefficient (Wildman–Crippen LogP) is 15.0. The Hall–Kier alpha value is -7.34. The van der Waals surface area contributed by atoms with Crippen molar-refractivity contribution in [2.24, 2.45) is 0 Å². The highest BCUT2D eigenvalue weighted by Crippen LogP contribution is 2.43. The fourth-order valence-electron chi connectivity index (χ4n) is 8.54. The van der Waals surface area contributed by atoms with Crippen LogP contribution in [0.15, 0.2) is 191 Å². The molecule has 4 heterocycles. The van der Waals surface area contributed by atoms with Gasteiger partial charge in [0.1, 0.15) is 34.3 Å². The van der Waals surface area contributed by atoms with Crippen molar-refractivity contribution in [2.75, 3.05) is 0 Å². The topological polar surface area (TPSA) is 52.1 Å². The molecule has 0 amide bonds. The van der Waals surface area contributed by atoms with Gasteiger partial charge in [0, 0.05) is 47.5 Å². The van der Waals surface area contributed by atoms with Gasteiger partial charge in [-0.05, 0) is 69.3 Å². The Morgan fingerprint density at radius 1 is 0.368 bits per heavy atom. The zero-order valence-corrected chi connectivity index (χ0v) is 31.3. The van der Waals surface area contributed by atoms with Gasteiger partial charge in [-0.2, -0.15) is 0 Å². The Morgan fingerprint density at radius 3 is 1.93 bits per heavy atom. The van der Waals surface area contributed by atoms with Gasteiger partial charge >= 0.3 is 0 Å². The lowest BCUT2D eigenvalue weighted by Crippen LogP contribution is -1.88. The highest BCUT2D eigenvalue weighted by atomic mass is 32.1. The van der Waals surface area contributed by atoms with Crippen LogP contribution in [0.25, 0.3) is 120 Å². The van der Waals surface area contributed by atoms with Crippen molar-refractivity contribution in [3.05, 3.63) is 182 Å². The first-order valence-electron chi connectivity index (χ1n) is 19.0.